The van der Waals surface area contributed by atoms with Gasteiger partial charge in [0.1, 0.15) is 11.2 Å². The summed E-state index contributed by atoms with van der Waals surface area (Å²) in [5, 5.41) is 0. The average Bonchev–Trinajstić information content (AvgIpc) is 2.98. The number of nitrogens with zero attached hydrogens (tertiary/aromatic N) is 5. The van der Waals surface area contributed by atoms with Crippen LogP contribution in [0.25, 0.3) is 0 Å². The minimum atomic E-state index is -3.93. The Balaban J connectivity index is 1.75. The summed E-state index contributed by atoms with van der Waals surface area (Å²) in [6.07, 6.45) is -1.46. The number of aliphatic imine (C=N–C) groups is 1. The van der Waals surface area contributed by atoms with E-state index < -0.39 is 39.3 Å². The summed E-state index contributed by atoms with van der Waals surface area (Å²) >= 11 is 0. The fraction of sp³-hybridized carbons (Fsp3) is 0.529. The number of ether oxygens (including phenoxy) is 3. The molecule has 0 unspecified atom stereocenters. The SMILES string of the molecule is Cc1ccc(S(=O)(=O)OCCCOc2ccc(CCN(C(=O)OC(C)(C)C)/C(=N/C(=O)OC(C)(C)C)N3CN(C)C(=O)N(C)C3)cc2F)cc1. The zero-order valence-electron chi connectivity index (χ0n) is 30.2. The number of amides is 4. The third kappa shape index (κ3) is 12.2. The van der Waals surface area contributed by atoms with Crippen LogP contribution in [-0.2, 0) is 30.2 Å². The van der Waals surface area contributed by atoms with Crippen LogP contribution in [-0.4, -0.2) is 111 Å². The van der Waals surface area contributed by atoms with E-state index >= 15 is 4.39 Å². The van der Waals surface area contributed by atoms with Crippen molar-refractivity contribution in [3.8, 4) is 5.75 Å². The summed E-state index contributed by atoms with van der Waals surface area (Å²) in [5.74, 6) is -0.818. The molecule has 0 saturated carbocycles. The molecular formula is C34H48FN5O9S. The van der Waals surface area contributed by atoms with Crippen LogP contribution in [0.5, 0.6) is 5.75 Å². The lowest BCUT2D eigenvalue weighted by molar-refractivity contribution is 0.0314. The van der Waals surface area contributed by atoms with Crippen LogP contribution in [0.4, 0.5) is 18.8 Å². The van der Waals surface area contributed by atoms with Crippen molar-refractivity contribution in [2.75, 3.05) is 47.2 Å². The van der Waals surface area contributed by atoms with Crippen LogP contribution in [0.3, 0.4) is 0 Å². The summed E-state index contributed by atoms with van der Waals surface area (Å²) in [7, 11) is -0.785. The highest BCUT2D eigenvalue weighted by atomic mass is 32.2. The Morgan fingerprint density at radius 2 is 1.52 bits per heavy atom. The predicted molar refractivity (Wildman–Crippen MR) is 184 cm³/mol. The number of hydrogen-bond acceptors (Lipinski definition) is 9. The second-order valence-corrected chi connectivity index (χ2v) is 15.4. The van der Waals surface area contributed by atoms with E-state index in [-0.39, 0.29) is 68.6 Å². The molecule has 1 heterocycles. The Morgan fingerprint density at radius 1 is 0.920 bits per heavy atom. The molecule has 3 rings (SSSR count). The Hall–Kier alpha value is -4.44. The number of rotatable bonds is 10. The number of urea groups is 1. The van der Waals surface area contributed by atoms with E-state index in [1.807, 2.05) is 6.92 Å². The van der Waals surface area contributed by atoms with Gasteiger partial charge in [-0.2, -0.15) is 8.42 Å². The van der Waals surface area contributed by atoms with Gasteiger partial charge in [-0.15, -0.1) is 4.99 Å². The van der Waals surface area contributed by atoms with Crippen molar-refractivity contribution in [2.24, 2.45) is 4.99 Å². The van der Waals surface area contributed by atoms with Gasteiger partial charge in [0.05, 0.1) is 31.4 Å². The summed E-state index contributed by atoms with van der Waals surface area (Å²) in [6.45, 7) is 11.7. The molecule has 1 aliphatic heterocycles. The molecule has 1 saturated heterocycles. The second-order valence-electron chi connectivity index (χ2n) is 13.8. The Kier molecular flexibility index (Phi) is 13.2. The molecule has 276 valence electrons. The van der Waals surface area contributed by atoms with Gasteiger partial charge in [-0.05, 0) is 84.7 Å². The molecule has 0 spiro atoms. The number of guanidine groups is 1. The lowest BCUT2D eigenvalue weighted by Gasteiger charge is -2.42. The topological polar surface area (TPSA) is 148 Å². The molecule has 16 heteroatoms. The van der Waals surface area contributed by atoms with Crippen LogP contribution in [0.2, 0.25) is 0 Å². The molecule has 0 N–H and O–H groups in total. The van der Waals surface area contributed by atoms with Gasteiger partial charge in [0.25, 0.3) is 10.1 Å². The van der Waals surface area contributed by atoms with Gasteiger partial charge in [-0.1, -0.05) is 23.8 Å². The fourth-order valence-corrected chi connectivity index (χ4v) is 5.54. The van der Waals surface area contributed by atoms with Crippen LogP contribution >= 0.6 is 0 Å². The molecule has 2 aromatic carbocycles. The monoisotopic (exact) mass is 721 g/mol. The molecule has 0 atom stereocenters. The van der Waals surface area contributed by atoms with Gasteiger partial charge < -0.3 is 28.9 Å². The van der Waals surface area contributed by atoms with Crippen molar-refractivity contribution in [1.29, 1.82) is 0 Å². The zero-order valence-corrected chi connectivity index (χ0v) is 31.0. The molecule has 0 aromatic heterocycles. The molecule has 2 aromatic rings. The smallest absolute Gasteiger partial charge is 0.437 e. The van der Waals surface area contributed by atoms with E-state index in [1.54, 1.807) is 78.7 Å². The van der Waals surface area contributed by atoms with Gasteiger partial charge >= 0.3 is 18.2 Å². The molecular weight excluding hydrogens is 673 g/mol. The molecule has 14 nitrogen and oxygen atoms in total. The first-order chi connectivity index (χ1) is 23.1. The highest BCUT2D eigenvalue weighted by Gasteiger charge is 2.35. The van der Waals surface area contributed by atoms with Gasteiger partial charge in [-0.3, -0.25) is 4.18 Å². The summed E-state index contributed by atoms with van der Waals surface area (Å²) in [6, 6.07) is 10.3. The third-order valence-electron chi connectivity index (χ3n) is 6.86. The number of benzene rings is 2. The van der Waals surface area contributed by atoms with E-state index in [0.717, 1.165) is 5.56 Å². The molecule has 50 heavy (non-hydrogen) atoms. The van der Waals surface area contributed by atoms with Gasteiger partial charge in [0, 0.05) is 27.1 Å². The van der Waals surface area contributed by atoms with Crippen LogP contribution in [0.1, 0.15) is 59.1 Å². The first kappa shape index (κ1) is 40.0. The maximum absolute atomic E-state index is 15.1. The largest absolute Gasteiger partial charge is 0.490 e. The van der Waals surface area contributed by atoms with Crippen LogP contribution < -0.4 is 4.74 Å². The van der Waals surface area contributed by atoms with Gasteiger partial charge in [0.2, 0.25) is 5.96 Å². The van der Waals surface area contributed by atoms with Crippen molar-refractivity contribution in [3.05, 3.63) is 59.4 Å². The standard InChI is InChI=1S/C34H48FN5O9S/c1-24-11-14-26(15-12-24)50(44,45)47-20-10-19-46-28-16-13-25(21-27(28)35)17-18-40(32(43)49-34(5,6)7)29(36-30(41)48-33(2,3)4)39-22-37(8)31(42)38(9)23-39/h11-16,21H,10,17-20,22-23H2,1-9H3/b36-29+. The van der Waals surface area contributed by atoms with Crippen molar-refractivity contribution in [3.63, 3.8) is 0 Å². The highest BCUT2D eigenvalue weighted by Crippen LogP contribution is 2.21. The number of carbonyl (C=O) groups is 3. The second kappa shape index (κ2) is 16.5. The van der Waals surface area contributed by atoms with Crippen LogP contribution in [0.15, 0.2) is 52.4 Å². The Bertz CT molecular complexity index is 1640. The van der Waals surface area contributed by atoms with E-state index in [9.17, 15) is 22.8 Å². The van der Waals surface area contributed by atoms with Crippen molar-refractivity contribution in [1.82, 2.24) is 19.6 Å². The normalized spacial score (nSPS) is 14.5. The van der Waals surface area contributed by atoms with Crippen molar-refractivity contribution >= 4 is 34.3 Å². The number of halogens is 1. The Labute approximate surface area is 293 Å². The highest BCUT2D eigenvalue weighted by molar-refractivity contribution is 7.86. The minimum Gasteiger partial charge on any atom is -0.490 e. The number of aryl methyl sites for hydroxylation is 1. The number of carbonyl (C=O) groups excluding carboxylic acids is 3. The molecule has 1 fully saturated rings. The molecule has 4 amide bonds. The van der Waals surface area contributed by atoms with Crippen molar-refractivity contribution < 1.29 is 45.6 Å². The van der Waals surface area contributed by atoms with Crippen molar-refractivity contribution in [2.45, 2.75) is 77.4 Å². The maximum atomic E-state index is 15.1. The fourth-order valence-electron chi connectivity index (χ4n) is 4.59. The minimum absolute atomic E-state index is 0.00216. The molecule has 0 bridgehead atoms. The van der Waals surface area contributed by atoms with E-state index in [0.29, 0.717) is 5.56 Å². The molecule has 0 aliphatic carbocycles. The average molecular weight is 722 g/mol. The molecule has 0 radical (unpaired) electrons. The van der Waals surface area contributed by atoms with E-state index in [1.165, 1.54) is 39.0 Å². The summed E-state index contributed by atoms with van der Waals surface area (Å²) < 4.78 is 61.5. The number of hydrogen-bond donors (Lipinski definition) is 0. The van der Waals surface area contributed by atoms with E-state index in [2.05, 4.69) is 4.99 Å². The first-order valence-electron chi connectivity index (χ1n) is 16.1. The maximum Gasteiger partial charge on any atom is 0.437 e. The summed E-state index contributed by atoms with van der Waals surface area (Å²) in [4.78, 5) is 48.8. The van der Waals surface area contributed by atoms with Gasteiger partial charge in [0.15, 0.2) is 11.6 Å². The zero-order chi connectivity index (χ0) is 37.4. The van der Waals surface area contributed by atoms with Crippen LogP contribution in [0, 0.1) is 12.7 Å². The lowest BCUT2D eigenvalue weighted by atomic mass is 10.1. The third-order valence-corrected chi connectivity index (χ3v) is 8.18. The van der Waals surface area contributed by atoms with E-state index in [4.69, 9.17) is 18.4 Å². The lowest BCUT2D eigenvalue weighted by Crippen LogP contribution is -2.61. The Morgan fingerprint density at radius 3 is 2.08 bits per heavy atom. The summed E-state index contributed by atoms with van der Waals surface area (Å²) in [5.41, 5.74) is -0.365. The predicted octanol–water partition coefficient (Wildman–Crippen LogP) is 5.59. The first-order valence-corrected chi connectivity index (χ1v) is 17.5. The van der Waals surface area contributed by atoms with Gasteiger partial charge in [-0.25, -0.2) is 23.7 Å². The quantitative estimate of drug-likeness (QED) is 0.132. The molecule has 1 aliphatic rings.